The summed E-state index contributed by atoms with van der Waals surface area (Å²) in [7, 11) is 3.08. The van der Waals surface area contributed by atoms with E-state index in [9.17, 15) is 9.59 Å². The van der Waals surface area contributed by atoms with Crippen LogP contribution < -0.4 is 19.9 Å². The number of methoxy groups -OCH3 is 2. The predicted octanol–water partition coefficient (Wildman–Crippen LogP) is 2.78. The number of benzene rings is 2. The zero-order valence-electron chi connectivity index (χ0n) is 15.1. The molecule has 1 saturated heterocycles. The van der Waals surface area contributed by atoms with Gasteiger partial charge >= 0.3 is 0 Å². The summed E-state index contributed by atoms with van der Waals surface area (Å²) in [4.78, 5) is 25.2. The standard InChI is InChI=1S/C20H20N2O4/c1-12-5-8-17(13(2)9-12)22-20(24)16(19(23)21-22)10-14-6-7-15(25-3)11-18(14)26-4/h5-11H,1-4H3,(H,21,23). The number of carbonyl (C=O) groups excluding carboxylic acids is 2. The van der Waals surface area contributed by atoms with Crippen molar-refractivity contribution in [3.63, 3.8) is 0 Å². The minimum atomic E-state index is -0.451. The number of aryl methyl sites for hydroxylation is 2. The fourth-order valence-electron chi connectivity index (χ4n) is 2.88. The first-order valence-electron chi connectivity index (χ1n) is 8.11. The Hall–Kier alpha value is -3.28. The van der Waals surface area contributed by atoms with Crippen LogP contribution in [0.3, 0.4) is 0 Å². The SMILES string of the molecule is COc1ccc(C=C2C(=O)NN(c3ccc(C)cc3C)C2=O)c(OC)c1. The highest BCUT2D eigenvalue weighted by atomic mass is 16.5. The highest BCUT2D eigenvalue weighted by molar-refractivity contribution is 6.31. The highest BCUT2D eigenvalue weighted by Crippen LogP contribution is 2.29. The van der Waals surface area contributed by atoms with Crippen molar-refractivity contribution >= 4 is 23.6 Å². The third kappa shape index (κ3) is 3.13. The van der Waals surface area contributed by atoms with Crippen molar-refractivity contribution in [1.29, 1.82) is 0 Å². The molecular weight excluding hydrogens is 332 g/mol. The molecule has 0 bridgehead atoms. The molecule has 1 N–H and O–H groups in total. The number of nitrogens with one attached hydrogen (secondary N) is 1. The van der Waals surface area contributed by atoms with Gasteiger partial charge in [-0.1, -0.05) is 17.7 Å². The first kappa shape index (κ1) is 17.5. The van der Waals surface area contributed by atoms with E-state index >= 15 is 0 Å². The van der Waals surface area contributed by atoms with Gasteiger partial charge < -0.3 is 9.47 Å². The predicted molar refractivity (Wildman–Crippen MR) is 99.1 cm³/mol. The molecule has 0 spiro atoms. The number of rotatable bonds is 4. The van der Waals surface area contributed by atoms with Gasteiger partial charge in [0.2, 0.25) is 0 Å². The van der Waals surface area contributed by atoms with Crippen molar-refractivity contribution in [3.8, 4) is 11.5 Å². The zero-order chi connectivity index (χ0) is 18.8. The van der Waals surface area contributed by atoms with E-state index in [-0.39, 0.29) is 5.57 Å². The van der Waals surface area contributed by atoms with Crippen molar-refractivity contribution in [2.75, 3.05) is 19.2 Å². The second-order valence-corrected chi connectivity index (χ2v) is 6.04. The van der Waals surface area contributed by atoms with Crippen molar-refractivity contribution in [1.82, 2.24) is 5.43 Å². The molecule has 134 valence electrons. The van der Waals surface area contributed by atoms with E-state index in [2.05, 4.69) is 5.43 Å². The molecule has 2 aromatic rings. The molecule has 3 rings (SSSR count). The molecule has 1 fully saturated rings. The second kappa shape index (κ2) is 6.92. The van der Waals surface area contributed by atoms with Gasteiger partial charge in [0.05, 0.1) is 19.9 Å². The lowest BCUT2D eigenvalue weighted by molar-refractivity contribution is -0.117. The van der Waals surface area contributed by atoms with Gasteiger partial charge in [0.1, 0.15) is 17.1 Å². The molecule has 0 saturated carbocycles. The lowest BCUT2D eigenvalue weighted by atomic mass is 10.1. The van der Waals surface area contributed by atoms with Crippen molar-refractivity contribution in [3.05, 3.63) is 58.7 Å². The summed E-state index contributed by atoms with van der Waals surface area (Å²) in [6.07, 6.45) is 1.53. The third-order valence-corrected chi connectivity index (χ3v) is 4.23. The van der Waals surface area contributed by atoms with Gasteiger partial charge in [-0.05, 0) is 43.7 Å². The number of anilines is 1. The van der Waals surface area contributed by atoms with Crippen LogP contribution in [0.15, 0.2) is 42.0 Å². The normalized spacial score (nSPS) is 15.4. The topological polar surface area (TPSA) is 67.9 Å². The molecule has 0 unspecified atom stereocenters. The second-order valence-electron chi connectivity index (χ2n) is 6.04. The summed E-state index contributed by atoms with van der Waals surface area (Å²) >= 11 is 0. The maximum Gasteiger partial charge on any atom is 0.282 e. The molecule has 1 heterocycles. The van der Waals surface area contributed by atoms with E-state index in [1.807, 2.05) is 32.0 Å². The lowest BCUT2D eigenvalue weighted by Gasteiger charge is -2.17. The van der Waals surface area contributed by atoms with Crippen LogP contribution >= 0.6 is 0 Å². The van der Waals surface area contributed by atoms with E-state index in [0.717, 1.165) is 11.1 Å². The number of carbonyl (C=O) groups is 2. The van der Waals surface area contributed by atoms with E-state index < -0.39 is 11.8 Å². The lowest BCUT2D eigenvalue weighted by Crippen LogP contribution is -2.36. The van der Waals surface area contributed by atoms with Crippen LogP contribution in [0.4, 0.5) is 5.69 Å². The molecule has 1 aliphatic rings. The number of amides is 2. The number of nitrogens with zero attached hydrogens (tertiary/aromatic N) is 1. The molecule has 6 heteroatoms. The van der Waals surface area contributed by atoms with Crippen LogP contribution in [0.1, 0.15) is 16.7 Å². The Labute approximate surface area is 152 Å². The van der Waals surface area contributed by atoms with Crippen LogP contribution in [0.5, 0.6) is 11.5 Å². The molecular formula is C20H20N2O4. The van der Waals surface area contributed by atoms with E-state index in [4.69, 9.17) is 9.47 Å². The van der Waals surface area contributed by atoms with Crippen LogP contribution in [-0.4, -0.2) is 26.0 Å². The summed E-state index contributed by atoms with van der Waals surface area (Å²) in [6, 6.07) is 10.9. The molecule has 0 aliphatic carbocycles. The van der Waals surface area contributed by atoms with Gasteiger partial charge in [0.15, 0.2) is 0 Å². The van der Waals surface area contributed by atoms with Crippen molar-refractivity contribution < 1.29 is 19.1 Å². The number of hydrazine groups is 1. The maximum absolute atomic E-state index is 12.8. The summed E-state index contributed by atoms with van der Waals surface area (Å²) < 4.78 is 10.5. The van der Waals surface area contributed by atoms with Gasteiger partial charge in [0.25, 0.3) is 11.8 Å². The Balaban J connectivity index is 1.98. The van der Waals surface area contributed by atoms with Crippen molar-refractivity contribution in [2.45, 2.75) is 13.8 Å². The third-order valence-electron chi connectivity index (χ3n) is 4.23. The zero-order valence-corrected chi connectivity index (χ0v) is 15.1. The Kier molecular flexibility index (Phi) is 4.67. The molecule has 2 aromatic carbocycles. The van der Waals surface area contributed by atoms with Gasteiger partial charge in [-0.15, -0.1) is 0 Å². The Bertz CT molecular complexity index is 918. The van der Waals surface area contributed by atoms with Gasteiger partial charge in [-0.25, -0.2) is 5.01 Å². The summed E-state index contributed by atoms with van der Waals surface area (Å²) in [5, 5.41) is 1.28. The molecule has 26 heavy (non-hydrogen) atoms. The quantitative estimate of drug-likeness (QED) is 0.679. The fourth-order valence-corrected chi connectivity index (χ4v) is 2.88. The molecule has 2 amide bonds. The van der Waals surface area contributed by atoms with Crippen LogP contribution in [-0.2, 0) is 9.59 Å². The largest absolute Gasteiger partial charge is 0.497 e. The smallest absolute Gasteiger partial charge is 0.282 e. The summed E-state index contributed by atoms with van der Waals surface area (Å²) in [5.41, 5.74) is 5.93. The van der Waals surface area contributed by atoms with Crippen LogP contribution in [0.25, 0.3) is 6.08 Å². The Morgan fingerprint density at radius 3 is 2.42 bits per heavy atom. The summed E-state index contributed by atoms with van der Waals surface area (Å²) in [6.45, 7) is 3.87. The first-order chi connectivity index (χ1) is 12.4. The first-order valence-corrected chi connectivity index (χ1v) is 8.11. The molecule has 0 radical (unpaired) electrons. The van der Waals surface area contributed by atoms with Gasteiger partial charge in [-0.2, -0.15) is 0 Å². The highest BCUT2D eigenvalue weighted by Gasteiger charge is 2.35. The summed E-state index contributed by atoms with van der Waals surface area (Å²) in [5.74, 6) is 0.290. The van der Waals surface area contributed by atoms with Gasteiger partial charge in [-0.3, -0.25) is 15.0 Å². The number of ether oxygens (including phenoxy) is 2. The van der Waals surface area contributed by atoms with Gasteiger partial charge in [0, 0.05) is 11.6 Å². The van der Waals surface area contributed by atoms with E-state index in [0.29, 0.717) is 22.7 Å². The molecule has 0 atom stereocenters. The van der Waals surface area contributed by atoms with E-state index in [1.54, 1.807) is 25.3 Å². The Morgan fingerprint density at radius 2 is 1.77 bits per heavy atom. The minimum Gasteiger partial charge on any atom is -0.497 e. The van der Waals surface area contributed by atoms with E-state index in [1.165, 1.54) is 18.2 Å². The maximum atomic E-state index is 12.8. The fraction of sp³-hybridized carbons (Fsp3) is 0.200. The molecule has 1 aliphatic heterocycles. The molecule has 6 nitrogen and oxygen atoms in total. The number of hydrogen-bond donors (Lipinski definition) is 1. The van der Waals surface area contributed by atoms with Crippen molar-refractivity contribution in [2.24, 2.45) is 0 Å². The average molecular weight is 352 g/mol. The number of hydrogen-bond acceptors (Lipinski definition) is 4. The monoisotopic (exact) mass is 352 g/mol. The minimum absolute atomic E-state index is 0.0495. The van der Waals surface area contributed by atoms with Crippen LogP contribution in [0, 0.1) is 13.8 Å². The Morgan fingerprint density at radius 1 is 1.00 bits per heavy atom. The average Bonchev–Trinajstić information content (AvgIpc) is 2.90. The van der Waals surface area contributed by atoms with Crippen LogP contribution in [0.2, 0.25) is 0 Å². The molecule has 0 aromatic heterocycles.